The van der Waals surface area contributed by atoms with Crippen LogP contribution < -0.4 is 64.2 Å². The first kappa shape index (κ1) is 15.7. The molecule has 2 nitrogen and oxygen atoms in total. The van der Waals surface area contributed by atoms with Crippen molar-refractivity contribution in [2.75, 3.05) is 0 Å². The average Bonchev–Trinajstić information content (AvgIpc) is 1.38. The maximum absolute atomic E-state index is 9.14. The van der Waals surface area contributed by atoms with E-state index in [1.54, 1.807) is 0 Å². The first-order chi connectivity index (χ1) is 2.27. The van der Waals surface area contributed by atoms with Gasteiger partial charge in [0.1, 0.15) is 0 Å². The van der Waals surface area contributed by atoms with Gasteiger partial charge in [-0.25, -0.2) is 0 Å². The molecule has 0 aliphatic heterocycles. The van der Waals surface area contributed by atoms with Gasteiger partial charge in [-0.1, -0.05) is 6.58 Å². The van der Waals surface area contributed by atoms with Gasteiger partial charge < -0.3 is 9.90 Å². The van der Waals surface area contributed by atoms with E-state index in [9.17, 15) is 0 Å². The maximum atomic E-state index is 9.14. The van der Waals surface area contributed by atoms with Gasteiger partial charge in [-0.3, -0.25) is 0 Å². The van der Waals surface area contributed by atoms with Crippen LogP contribution in [0.5, 0.6) is 0 Å². The van der Waals surface area contributed by atoms with Crippen molar-refractivity contribution < 1.29 is 69.0 Å². The van der Waals surface area contributed by atoms with Gasteiger partial charge in [-0.15, -0.1) is 0 Å². The van der Waals surface area contributed by atoms with Crippen LogP contribution >= 0.6 is 0 Å². The minimum atomic E-state index is -1.23. The molecule has 0 saturated heterocycles. The number of carboxylic acid groups (broad SMARTS) is 1. The Morgan fingerprint density at radius 1 is 1.57 bits per heavy atom. The normalized spacial score (nSPS) is 4.57. The summed E-state index contributed by atoms with van der Waals surface area (Å²) in [5.74, 6) is -1.23. The van der Waals surface area contributed by atoms with Crippen LogP contribution in [0.1, 0.15) is 0 Å². The van der Waals surface area contributed by atoms with E-state index in [1.165, 1.54) is 0 Å². The number of hydrogen-bond donors (Lipinski definition) is 0. The van der Waals surface area contributed by atoms with Crippen LogP contribution in [-0.2, 0) is 4.79 Å². The summed E-state index contributed by atoms with van der Waals surface area (Å²) >= 11 is 0. The fourth-order valence-electron chi connectivity index (χ4n) is 0. The summed E-state index contributed by atoms with van der Waals surface area (Å²) < 4.78 is 0. The molecule has 7 heavy (non-hydrogen) atoms. The summed E-state index contributed by atoms with van der Waals surface area (Å²) in [5.41, 5.74) is 0. The van der Waals surface area contributed by atoms with Crippen molar-refractivity contribution in [3.8, 4) is 0 Å². The molecule has 0 aromatic heterocycles. The molecule has 0 rings (SSSR count). The zero-order valence-corrected chi connectivity index (χ0v) is 8.60. The van der Waals surface area contributed by atoms with Gasteiger partial charge in [0, 0.05) is 0 Å². The quantitative estimate of drug-likeness (QED) is 0.253. The Bertz CT molecular complexity index is 62.0. The first-order valence-electron chi connectivity index (χ1n) is 1.11. The second-order valence-electron chi connectivity index (χ2n) is 0.523. The molecule has 4 heteroatoms. The molecule has 0 aliphatic rings. The summed E-state index contributed by atoms with van der Waals surface area (Å²) in [4.78, 5) is 9.14. The molecule has 0 N–H and O–H groups in total. The van der Waals surface area contributed by atoms with Gasteiger partial charge in [0.15, 0.2) is 0 Å². The molecule has 0 amide bonds. The minimum Gasteiger partial charge on any atom is -0.545 e. The molecule has 0 aromatic carbocycles. The molecule has 0 saturated carbocycles. The zero-order valence-electron chi connectivity index (χ0n) is 4.60. The molecule has 0 fully saturated rings. The van der Waals surface area contributed by atoms with Gasteiger partial charge in [0.25, 0.3) is 0 Å². The van der Waals surface area contributed by atoms with Crippen molar-refractivity contribution in [3.05, 3.63) is 12.7 Å². The van der Waals surface area contributed by atoms with E-state index >= 15 is 0 Å². The van der Waals surface area contributed by atoms with E-state index < -0.39 is 5.97 Å². The van der Waals surface area contributed by atoms with E-state index in [2.05, 4.69) is 6.58 Å². The molecule has 0 radical (unpaired) electrons. The van der Waals surface area contributed by atoms with Gasteiger partial charge in [-0.05, 0) is 6.08 Å². The van der Waals surface area contributed by atoms with E-state index in [-0.39, 0.29) is 59.1 Å². The summed E-state index contributed by atoms with van der Waals surface area (Å²) in [6, 6.07) is 0. The molecule has 28 valence electrons. The summed E-state index contributed by atoms with van der Waals surface area (Å²) in [5, 5.41) is 9.14. The first-order valence-corrected chi connectivity index (χ1v) is 1.11. The molecule has 0 atom stereocenters. The van der Waals surface area contributed by atoms with Crippen molar-refractivity contribution >= 4 is 5.97 Å². The van der Waals surface area contributed by atoms with Crippen molar-refractivity contribution in [2.24, 2.45) is 0 Å². The Morgan fingerprint density at radius 2 is 1.71 bits per heavy atom. The molecular weight excluding hydrogens is 114 g/mol. The summed E-state index contributed by atoms with van der Waals surface area (Å²) in [6.45, 7) is 2.90. The Kier molecular flexibility index (Phi) is 23.0. The van der Waals surface area contributed by atoms with Crippen molar-refractivity contribution in [3.63, 3.8) is 0 Å². The minimum absolute atomic E-state index is 0. The fourth-order valence-corrected chi connectivity index (χ4v) is 0. The Hall–Kier alpha value is 1.21. The third-order valence-electron chi connectivity index (χ3n) is 0.167. The van der Waals surface area contributed by atoms with E-state index in [0.717, 1.165) is 6.08 Å². The van der Waals surface area contributed by atoms with Gasteiger partial charge in [-0.2, -0.15) is 0 Å². The molecule has 0 unspecified atom stereocenters. The van der Waals surface area contributed by atoms with Crippen LogP contribution in [0.15, 0.2) is 12.7 Å². The third kappa shape index (κ3) is 19.0. The Morgan fingerprint density at radius 3 is 1.71 bits per heavy atom. The smallest absolute Gasteiger partial charge is 0.545 e. The SMILES string of the molecule is C=CC(=O)[O-].[Na+].[Na+]. The monoisotopic (exact) mass is 117 g/mol. The van der Waals surface area contributed by atoms with Crippen LogP contribution in [0.2, 0.25) is 0 Å². The predicted octanol–water partition coefficient (Wildman–Crippen LogP) is -7.07. The second-order valence-corrected chi connectivity index (χ2v) is 0.523. The van der Waals surface area contributed by atoms with E-state index in [4.69, 9.17) is 9.90 Å². The van der Waals surface area contributed by atoms with Crippen LogP contribution in [0.25, 0.3) is 0 Å². The number of carbonyl (C=O) groups excluding carboxylic acids is 1. The molecule has 0 aliphatic carbocycles. The number of rotatable bonds is 1. The van der Waals surface area contributed by atoms with Crippen LogP contribution in [0.4, 0.5) is 0 Å². The summed E-state index contributed by atoms with van der Waals surface area (Å²) in [6.07, 6.45) is 0.722. The van der Waals surface area contributed by atoms with Crippen molar-refractivity contribution in [1.82, 2.24) is 0 Å². The largest absolute Gasteiger partial charge is 1.00 e. The standard InChI is InChI=1S/C3H4O2.2Na/c1-2-3(4)5;;/h2H,1H2,(H,4,5);;/q;2*+1/p-1. The molecular formula is C3H3Na2O2+. The molecule has 0 bridgehead atoms. The Balaban J connectivity index is -0.0000000800. The summed E-state index contributed by atoms with van der Waals surface area (Å²) in [7, 11) is 0. The zero-order chi connectivity index (χ0) is 4.28. The van der Waals surface area contributed by atoms with Crippen LogP contribution in [0, 0.1) is 0 Å². The van der Waals surface area contributed by atoms with Crippen LogP contribution in [0.3, 0.4) is 0 Å². The van der Waals surface area contributed by atoms with Crippen molar-refractivity contribution in [1.29, 1.82) is 0 Å². The van der Waals surface area contributed by atoms with E-state index in [0.29, 0.717) is 0 Å². The predicted molar refractivity (Wildman–Crippen MR) is 15.2 cm³/mol. The Labute approximate surface area is 86.6 Å². The fraction of sp³-hybridized carbons (Fsp3) is 0. The van der Waals surface area contributed by atoms with Gasteiger partial charge >= 0.3 is 59.1 Å². The molecule has 0 aromatic rings. The van der Waals surface area contributed by atoms with Crippen LogP contribution in [-0.4, -0.2) is 5.97 Å². The van der Waals surface area contributed by atoms with Crippen molar-refractivity contribution in [2.45, 2.75) is 0 Å². The number of carboxylic acids is 1. The average molecular weight is 117 g/mol. The molecule has 0 heterocycles. The number of aliphatic carboxylic acids is 1. The third-order valence-corrected chi connectivity index (χ3v) is 0.167. The van der Waals surface area contributed by atoms with Gasteiger partial charge in [0.05, 0.1) is 5.97 Å². The number of hydrogen-bond acceptors (Lipinski definition) is 2. The molecule has 0 spiro atoms. The second kappa shape index (κ2) is 10.2. The number of carbonyl (C=O) groups is 1. The topological polar surface area (TPSA) is 40.1 Å². The van der Waals surface area contributed by atoms with Gasteiger partial charge in [0.2, 0.25) is 0 Å². The van der Waals surface area contributed by atoms with E-state index in [1.807, 2.05) is 0 Å². The maximum Gasteiger partial charge on any atom is 1.00 e.